The molecule has 4 heterocycles. The zero-order valence-electron chi connectivity index (χ0n) is 18.2. The molecule has 1 aromatic carbocycles. The number of aliphatic hydroxyl groups is 1. The maximum absolute atomic E-state index is 9.79. The number of nitrogens with two attached hydrogens (primary N) is 1. The molecule has 10 heteroatoms. The van der Waals surface area contributed by atoms with Crippen molar-refractivity contribution in [3.8, 4) is 22.5 Å². The summed E-state index contributed by atoms with van der Waals surface area (Å²) in [5.41, 5.74) is 12.5. The molecule has 1 aliphatic carbocycles. The number of carboxylic acid groups (broad SMARTS) is 1. The van der Waals surface area contributed by atoms with Gasteiger partial charge in [-0.2, -0.15) is 5.10 Å². The fraction of sp³-hybridized carbons (Fsp3) is 0.250. The van der Waals surface area contributed by atoms with E-state index in [4.69, 9.17) is 20.1 Å². The number of carbonyl (C=O) groups is 1. The molecule has 0 bridgehead atoms. The number of aromatic nitrogens is 4. The average molecular weight is 478 g/mol. The second kappa shape index (κ2) is 9.24. The van der Waals surface area contributed by atoms with Crippen LogP contribution in [0.15, 0.2) is 52.8 Å². The van der Waals surface area contributed by atoms with Crippen LogP contribution in [0.4, 0.5) is 5.82 Å². The van der Waals surface area contributed by atoms with E-state index in [9.17, 15) is 5.11 Å². The Morgan fingerprint density at radius 3 is 2.74 bits per heavy atom. The topological polar surface area (TPSA) is 140 Å². The van der Waals surface area contributed by atoms with Crippen molar-refractivity contribution >= 4 is 44.8 Å². The lowest BCUT2D eigenvalue weighted by molar-refractivity contribution is -0.122. The summed E-state index contributed by atoms with van der Waals surface area (Å²) in [6.07, 6.45) is 9.05. The lowest BCUT2D eigenvalue weighted by Gasteiger charge is -2.25. The lowest BCUT2D eigenvalue weighted by atomic mass is 9.93. The maximum Gasteiger partial charge on any atom is 0.290 e. The Hall–Kier alpha value is -3.76. The van der Waals surface area contributed by atoms with Crippen LogP contribution in [-0.2, 0) is 4.79 Å². The molecule has 1 aliphatic rings. The summed E-state index contributed by atoms with van der Waals surface area (Å²) in [5.74, 6) is 1.12. The number of pyridine rings is 1. The number of rotatable bonds is 3. The Bertz CT molecular complexity index is 1450. The van der Waals surface area contributed by atoms with Crippen molar-refractivity contribution in [2.24, 2.45) is 0 Å². The Labute approximate surface area is 198 Å². The summed E-state index contributed by atoms with van der Waals surface area (Å²) in [7, 11) is 0. The van der Waals surface area contributed by atoms with Gasteiger partial charge >= 0.3 is 0 Å². The minimum Gasteiger partial charge on any atom is -0.483 e. The summed E-state index contributed by atoms with van der Waals surface area (Å²) in [5, 5.41) is 22.2. The summed E-state index contributed by atoms with van der Waals surface area (Å²) in [4.78, 5) is 17.1. The van der Waals surface area contributed by atoms with Crippen LogP contribution < -0.4 is 5.73 Å². The number of anilines is 1. The first-order valence-electron chi connectivity index (χ1n) is 10.9. The second-order valence-corrected chi connectivity index (χ2v) is 9.05. The zero-order valence-corrected chi connectivity index (χ0v) is 19.0. The fourth-order valence-corrected chi connectivity index (χ4v) is 5.29. The highest BCUT2D eigenvalue weighted by molar-refractivity contribution is 7.17. The van der Waals surface area contributed by atoms with E-state index in [-0.39, 0.29) is 12.6 Å². The van der Waals surface area contributed by atoms with E-state index < -0.39 is 0 Å². The van der Waals surface area contributed by atoms with Crippen molar-refractivity contribution in [3.05, 3.63) is 48.4 Å². The summed E-state index contributed by atoms with van der Waals surface area (Å²) >= 11 is 1.59. The number of thiazole rings is 1. The number of hydrogen-bond acceptors (Lipinski definition) is 8. The molecule has 1 fully saturated rings. The number of hydrogen-bond donors (Lipinski definition) is 3. The monoisotopic (exact) mass is 477 g/mol. The number of nitrogens with zero attached hydrogens (tertiary/aromatic N) is 4. The van der Waals surface area contributed by atoms with Gasteiger partial charge in [-0.1, -0.05) is 6.07 Å². The van der Waals surface area contributed by atoms with Gasteiger partial charge in [-0.05, 0) is 43.9 Å². The molecule has 6 rings (SSSR count). The average Bonchev–Trinajstić information content (AvgIpc) is 3.60. The molecule has 0 aliphatic heterocycles. The smallest absolute Gasteiger partial charge is 0.290 e. The van der Waals surface area contributed by atoms with Crippen LogP contribution in [-0.4, -0.2) is 42.5 Å². The van der Waals surface area contributed by atoms with E-state index in [1.807, 2.05) is 40.7 Å². The van der Waals surface area contributed by atoms with Gasteiger partial charge in [0.15, 0.2) is 11.4 Å². The van der Waals surface area contributed by atoms with Crippen LogP contribution in [0.3, 0.4) is 0 Å². The molecule has 0 spiro atoms. The van der Waals surface area contributed by atoms with E-state index in [1.54, 1.807) is 17.5 Å². The summed E-state index contributed by atoms with van der Waals surface area (Å²) in [6, 6.07) is 8.37. The van der Waals surface area contributed by atoms with Gasteiger partial charge < -0.3 is 20.4 Å². The fourth-order valence-electron chi connectivity index (χ4n) is 4.49. The predicted octanol–water partition coefficient (Wildman–Crippen LogP) is 4.73. The van der Waals surface area contributed by atoms with Crippen LogP contribution >= 0.6 is 11.3 Å². The van der Waals surface area contributed by atoms with E-state index in [0.717, 1.165) is 63.7 Å². The first-order chi connectivity index (χ1) is 16.6. The highest BCUT2D eigenvalue weighted by Crippen LogP contribution is 2.39. The van der Waals surface area contributed by atoms with Gasteiger partial charge in [0.1, 0.15) is 5.76 Å². The first-order valence-corrected chi connectivity index (χ1v) is 11.8. The molecule has 0 saturated heterocycles. The van der Waals surface area contributed by atoms with Gasteiger partial charge in [-0.15, -0.1) is 11.3 Å². The van der Waals surface area contributed by atoms with Crippen LogP contribution in [0.5, 0.6) is 0 Å². The van der Waals surface area contributed by atoms with Crippen molar-refractivity contribution in [2.45, 2.75) is 37.8 Å². The molecule has 5 aromatic rings. The third-order valence-electron chi connectivity index (χ3n) is 6.16. The third-order valence-corrected chi connectivity index (χ3v) is 7.04. The number of nitrogen functional groups attached to an aromatic ring is 1. The normalized spacial score (nSPS) is 18.0. The van der Waals surface area contributed by atoms with Crippen LogP contribution in [0.2, 0.25) is 0 Å². The van der Waals surface area contributed by atoms with Crippen molar-refractivity contribution < 1.29 is 19.4 Å². The summed E-state index contributed by atoms with van der Waals surface area (Å²) < 4.78 is 9.30. The molecule has 4 N–H and O–H groups in total. The Balaban J connectivity index is 0.000000764. The molecular formula is C24H23N5O4S. The molecule has 34 heavy (non-hydrogen) atoms. The van der Waals surface area contributed by atoms with Gasteiger partial charge in [-0.25, -0.2) is 9.97 Å². The summed E-state index contributed by atoms with van der Waals surface area (Å²) in [6.45, 7) is -0.250. The highest BCUT2D eigenvalue weighted by Gasteiger charge is 2.22. The minimum atomic E-state index is -0.250. The Kier molecular flexibility index (Phi) is 5.99. The lowest BCUT2D eigenvalue weighted by Crippen LogP contribution is -2.21. The van der Waals surface area contributed by atoms with E-state index in [2.05, 4.69) is 21.3 Å². The van der Waals surface area contributed by atoms with Crippen molar-refractivity contribution in [2.75, 3.05) is 5.73 Å². The first kappa shape index (κ1) is 22.1. The molecular weight excluding hydrogens is 454 g/mol. The molecule has 0 unspecified atom stereocenters. The van der Waals surface area contributed by atoms with Crippen molar-refractivity contribution in [1.82, 2.24) is 19.7 Å². The van der Waals surface area contributed by atoms with E-state index in [0.29, 0.717) is 17.4 Å². The van der Waals surface area contributed by atoms with Gasteiger partial charge in [0.25, 0.3) is 6.47 Å². The van der Waals surface area contributed by atoms with Gasteiger partial charge in [0, 0.05) is 34.5 Å². The van der Waals surface area contributed by atoms with E-state index in [1.165, 1.54) is 0 Å². The number of aliphatic hydroxyl groups excluding tert-OH is 1. The largest absolute Gasteiger partial charge is 0.483 e. The molecule has 1 saturated carbocycles. The number of fused-ring (bicyclic) bond motifs is 2. The third kappa shape index (κ3) is 4.02. The molecule has 0 radical (unpaired) electrons. The predicted molar refractivity (Wildman–Crippen MR) is 130 cm³/mol. The maximum atomic E-state index is 9.79. The second-order valence-electron chi connectivity index (χ2n) is 8.19. The SMILES string of the molecule is Nc1ncc(-c2cnn(C3CCC(O)CC3)c2)c2cc(-c3cccc4ncsc34)oc12.O=CO. The number of benzene rings is 1. The quantitative estimate of drug-likeness (QED) is 0.317. The van der Waals surface area contributed by atoms with Crippen molar-refractivity contribution in [3.63, 3.8) is 0 Å². The molecule has 4 aromatic heterocycles. The van der Waals surface area contributed by atoms with Gasteiger partial charge in [0.2, 0.25) is 0 Å². The number of furan rings is 1. The standard InChI is InChI=1S/C23H21N5O2S.CH2O2/c24-23-21-17(8-20(30-21)16-2-1-3-19-22(16)31-12-26-19)18(10-25-23)13-9-27-28(11-13)14-4-6-15(29)7-5-14;2-1-3/h1-3,8-12,14-15,29H,4-7H2,(H2,24,25);1H,(H,2,3). The Morgan fingerprint density at radius 1 is 1.15 bits per heavy atom. The molecule has 0 amide bonds. The van der Waals surface area contributed by atoms with Crippen LogP contribution in [0.1, 0.15) is 31.7 Å². The minimum absolute atomic E-state index is 0.181. The van der Waals surface area contributed by atoms with Gasteiger partial charge in [-0.3, -0.25) is 9.48 Å². The van der Waals surface area contributed by atoms with Crippen molar-refractivity contribution in [1.29, 1.82) is 0 Å². The van der Waals surface area contributed by atoms with Crippen LogP contribution in [0, 0.1) is 0 Å². The Morgan fingerprint density at radius 2 is 1.94 bits per heavy atom. The van der Waals surface area contributed by atoms with Gasteiger partial charge in [0.05, 0.1) is 34.1 Å². The highest BCUT2D eigenvalue weighted by atomic mass is 32.1. The van der Waals surface area contributed by atoms with E-state index >= 15 is 0 Å². The molecule has 0 atom stereocenters. The molecule has 174 valence electrons. The van der Waals surface area contributed by atoms with Crippen LogP contribution in [0.25, 0.3) is 43.6 Å². The molecule has 9 nitrogen and oxygen atoms in total. The zero-order chi connectivity index (χ0) is 23.7.